The van der Waals surface area contributed by atoms with E-state index in [1.165, 1.54) is 5.56 Å². The standard InChI is InChI=1S/C21H25N3O2/c1-24-20-8-2-14(10-15(20)3-9-21(24)25)16-11-19(13-23-12-16)26-18-6-4-17(22)5-7-18/h2,8,10-13,17-18H,3-7,9,22H2,1H3. The first-order valence-corrected chi connectivity index (χ1v) is 9.37. The Balaban J connectivity index is 1.54. The minimum Gasteiger partial charge on any atom is -0.489 e. The smallest absolute Gasteiger partial charge is 0.227 e. The first kappa shape index (κ1) is 17.0. The fourth-order valence-corrected chi connectivity index (χ4v) is 3.88. The monoisotopic (exact) mass is 351 g/mol. The lowest BCUT2D eigenvalue weighted by Crippen LogP contribution is -2.31. The van der Waals surface area contributed by atoms with Gasteiger partial charge in [-0.3, -0.25) is 9.78 Å². The Labute approximate surface area is 154 Å². The predicted molar refractivity (Wildman–Crippen MR) is 102 cm³/mol. The van der Waals surface area contributed by atoms with Gasteiger partial charge in [-0.1, -0.05) is 6.07 Å². The second-order valence-corrected chi connectivity index (χ2v) is 7.36. The molecule has 2 aliphatic rings. The van der Waals surface area contributed by atoms with E-state index in [0.29, 0.717) is 12.5 Å². The van der Waals surface area contributed by atoms with Crippen molar-refractivity contribution in [2.75, 3.05) is 11.9 Å². The van der Waals surface area contributed by atoms with Gasteiger partial charge in [0.25, 0.3) is 0 Å². The van der Waals surface area contributed by atoms with Gasteiger partial charge in [-0.05, 0) is 61.4 Å². The molecule has 0 saturated heterocycles. The van der Waals surface area contributed by atoms with Crippen LogP contribution in [0.3, 0.4) is 0 Å². The van der Waals surface area contributed by atoms with E-state index in [4.69, 9.17) is 10.5 Å². The number of rotatable bonds is 3. The van der Waals surface area contributed by atoms with E-state index in [-0.39, 0.29) is 12.0 Å². The summed E-state index contributed by atoms with van der Waals surface area (Å²) in [5.41, 5.74) is 10.3. The second kappa shape index (κ2) is 7.08. The summed E-state index contributed by atoms with van der Waals surface area (Å²) in [4.78, 5) is 18.0. The Kier molecular flexibility index (Phi) is 4.64. The van der Waals surface area contributed by atoms with E-state index in [2.05, 4.69) is 17.1 Å². The first-order chi connectivity index (χ1) is 12.6. The molecule has 2 aromatic rings. The number of anilines is 1. The van der Waals surface area contributed by atoms with Gasteiger partial charge in [0.1, 0.15) is 5.75 Å². The molecule has 0 spiro atoms. The largest absolute Gasteiger partial charge is 0.489 e. The number of hydrogen-bond donors (Lipinski definition) is 1. The topological polar surface area (TPSA) is 68.5 Å². The number of nitrogens with two attached hydrogens (primary N) is 1. The molecule has 0 unspecified atom stereocenters. The Hall–Kier alpha value is -2.40. The number of carbonyl (C=O) groups is 1. The molecule has 1 aliphatic heterocycles. The van der Waals surface area contributed by atoms with Crippen LogP contribution in [-0.4, -0.2) is 30.1 Å². The van der Waals surface area contributed by atoms with Crippen molar-refractivity contribution in [1.82, 2.24) is 4.98 Å². The van der Waals surface area contributed by atoms with Crippen LogP contribution in [0.5, 0.6) is 5.75 Å². The molecule has 0 radical (unpaired) electrons. The van der Waals surface area contributed by atoms with Crippen LogP contribution < -0.4 is 15.4 Å². The van der Waals surface area contributed by atoms with E-state index >= 15 is 0 Å². The van der Waals surface area contributed by atoms with Gasteiger partial charge in [0.15, 0.2) is 0 Å². The van der Waals surface area contributed by atoms with Crippen LogP contribution in [-0.2, 0) is 11.2 Å². The van der Waals surface area contributed by atoms with Crippen LogP contribution in [0.1, 0.15) is 37.7 Å². The molecule has 4 rings (SSSR count). The molecule has 26 heavy (non-hydrogen) atoms. The maximum Gasteiger partial charge on any atom is 0.227 e. The van der Waals surface area contributed by atoms with Crippen molar-refractivity contribution < 1.29 is 9.53 Å². The molecule has 1 aliphatic carbocycles. The van der Waals surface area contributed by atoms with Crippen molar-refractivity contribution in [1.29, 1.82) is 0 Å². The molecular weight excluding hydrogens is 326 g/mol. The third-order valence-electron chi connectivity index (χ3n) is 5.49. The fourth-order valence-electron chi connectivity index (χ4n) is 3.88. The lowest BCUT2D eigenvalue weighted by Gasteiger charge is -2.27. The van der Waals surface area contributed by atoms with Gasteiger partial charge < -0.3 is 15.4 Å². The van der Waals surface area contributed by atoms with E-state index in [1.54, 1.807) is 11.1 Å². The fraction of sp³-hybridized carbons (Fsp3) is 0.429. The molecule has 0 atom stereocenters. The quantitative estimate of drug-likeness (QED) is 0.921. The zero-order chi connectivity index (χ0) is 18.1. The van der Waals surface area contributed by atoms with Gasteiger partial charge in [0.05, 0.1) is 12.3 Å². The molecule has 2 heterocycles. The summed E-state index contributed by atoms with van der Waals surface area (Å²) in [5, 5.41) is 0. The van der Waals surface area contributed by atoms with Gasteiger partial charge in [0, 0.05) is 37.0 Å². The number of carbonyl (C=O) groups excluding carboxylic acids is 1. The van der Waals surface area contributed by atoms with E-state index < -0.39 is 0 Å². The van der Waals surface area contributed by atoms with E-state index in [0.717, 1.165) is 54.7 Å². The third-order valence-corrected chi connectivity index (χ3v) is 5.49. The molecule has 1 aromatic heterocycles. The highest BCUT2D eigenvalue weighted by Gasteiger charge is 2.22. The highest BCUT2D eigenvalue weighted by atomic mass is 16.5. The summed E-state index contributed by atoms with van der Waals surface area (Å²) >= 11 is 0. The van der Waals surface area contributed by atoms with Gasteiger partial charge in [0.2, 0.25) is 5.91 Å². The molecule has 5 nitrogen and oxygen atoms in total. The summed E-state index contributed by atoms with van der Waals surface area (Å²) in [5.74, 6) is 0.988. The molecule has 1 fully saturated rings. The number of pyridine rings is 1. The van der Waals surface area contributed by atoms with Crippen molar-refractivity contribution in [2.45, 2.75) is 50.7 Å². The average molecular weight is 351 g/mol. The molecular formula is C21H25N3O2. The van der Waals surface area contributed by atoms with Crippen molar-refractivity contribution in [3.8, 4) is 16.9 Å². The van der Waals surface area contributed by atoms with Crippen molar-refractivity contribution in [3.63, 3.8) is 0 Å². The normalized spacial score (nSPS) is 22.8. The van der Waals surface area contributed by atoms with Gasteiger partial charge in [-0.2, -0.15) is 0 Å². The maximum atomic E-state index is 11.9. The van der Waals surface area contributed by atoms with Crippen LogP contribution in [0.4, 0.5) is 5.69 Å². The summed E-state index contributed by atoms with van der Waals surface area (Å²) in [6.07, 6.45) is 9.29. The first-order valence-electron chi connectivity index (χ1n) is 9.37. The number of aromatic nitrogens is 1. The number of benzene rings is 1. The van der Waals surface area contributed by atoms with Crippen LogP contribution in [0.2, 0.25) is 0 Å². The summed E-state index contributed by atoms with van der Waals surface area (Å²) in [7, 11) is 1.84. The SMILES string of the molecule is CN1C(=O)CCc2cc(-c3cncc(OC4CCC(N)CC4)c3)ccc21. The van der Waals surface area contributed by atoms with Gasteiger partial charge in [-0.25, -0.2) is 0 Å². The van der Waals surface area contributed by atoms with E-state index in [9.17, 15) is 4.79 Å². The zero-order valence-corrected chi connectivity index (χ0v) is 15.1. The lowest BCUT2D eigenvalue weighted by atomic mass is 9.93. The number of fused-ring (bicyclic) bond motifs is 1. The number of nitrogens with zero attached hydrogens (tertiary/aromatic N) is 2. The number of ether oxygens (including phenoxy) is 1. The molecule has 5 heteroatoms. The maximum absolute atomic E-state index is 11.9. The number of hydrogen-bond acceptors (Lipinski definition) is 4. The predicted octanol–water partition coefficient (Wildman–Crippen LogP) is 3.31. The molecule has 0 bridgehead atoms. The zero-order valence-electron chi connectivity index (χ0n) is 15.1. The number of aryl methyl sites for hydroxylation is 1. The Bertz CT molecular complexity index is 813. The molecule has 1 saturated carbocycles. The summed E-state index contributed by atoms with van der Waals surface area (Å²) in [6, 6.07) is 8.62. The summed E-state index contributed by atoms with van der Waals surface area (Å²) in [6.45, 7) is 0. The van der Waals surface area contributed by atoms with E-state index in [1.807, 2.05) is 25.4 Å². The van der Waals surface area contributed by atoms with Gasteiger partial charge in [-0.15, -0.1) is 0 Å². The minimum absolute atomic E-state index is 0.175. The molecule has 1 aromatic carbocycles. The highest BCUT2D eigenvalue weighted by Crippen LogP contribution is 2.32. The second-order valence-electron chi connectivity index (χ2n) is 7.36. The Morgan fingerprint density at radius 3 is 2.69 bits per heavy atom. The van der Waals surface area contributed by atoms with Crippen molar-refractivity contribution >= 4 is 11.6 Å². The van der Waals surface area contributed by atoms with Crippen molar-refractivity contribution in [3.05, 3.63) is 42.2 Å². The Morgan fingerprint density at radius 1 is 1.08 bits per heavy atom. The number of amides is 1. The van der Waals surface area contributed by atoms with Crippen LogP contribution in [0.15, 0.2) is 36.7 Å². The molecule has 136 valence electrons. The van der Waals surface area contributed by atoms with Crippen LogP contribution in [0.25, 0.3) is 11.1 Å². The van der Waals surface area contributed by atoms with Gasteiger partial charge >= 0.3 is 0 Å². The average Bonchev–Trinajstić information content (AvgIpc) is 2.67. The summed E-state index contributed by atoms with van der Waals surface area (Å²) < 4.78 is 6.14. The minimum atomic E-state index is 0.175. The third kappa shape index (κ3) is 3.44. The lowest BCUT2D eigenvalue weighted by molar-refractivity contribution is -0.118. The van der Waals surface area contributed by atoms with Crippen LogP contribution in [0, 0.1) is 0 Å². The highest BCUT2D eigenvalue weighted by molar-refractivity contribution is 5.96. The van der Waals surface area contributed by atoms with Crippen molar-refractivity contribution in [2.24, 2.45) is 5.73 Å². The molecule has 1 amide bonds. The Morgan fingerprint density at radius 2 is 1.88 bits per heavy atom. The molecule has 2 N–H and O–H groups in total. The van der Waals surface area contributed by atoms with Crippen LogP contribution >= 0.6 is 0 Å².